The van der Waals surface area contributed by atoms with Crippen LogP contribution in [0.1, 0.15) is 11.1 Å². The molecule has 158 valence electrons. The third-order valence-electron chi connectivity index (χ3n) is 5.67. The Bertz CT molecular complexity index is 934. The van der Waals surface area contributed by atoms with Gasteiger partial charge in [-0.05, 0) is 30.2 Å². The van der Waals surface area contributed by atoms with E-state index in [1.54, 1.807) is 24.7 Å². The number of carbonyl (C=O) groups excluding carboxylic acids is 1. The first-order chi connectivity index (χ1) is 14.4. The van der Waals surface area contributed by atoms with Gasteiger partial charge >= 0.3 is 6.18 Å². The molecule has 2 aliphatic heterocycles. The maximum Gasteiger partial charge on any atom is 0.416 e. The number of alkyl halides is 3. The van der Waals surface area contributed by atoms with E-state index in [0.717, 1.165) is 17.6 Å². The van der Waals surface area contributed by atoms with E-state index in [9.17, 15) is 18.0 Å². The number of fused-ring (bicyclic) bond motifs is 3. The number of benzene rings is 1. The van der Waals surface area contributed by atoms with Gasteiger partial charge in [-0.2, -0.15) is 13.2 Å². The predicted octanol–water partition coefficient (Wildman–Crippen LogP) is 2.67. The van der Waals surface area contributed by atoms with Crippen molar-refractivity contribution in [3.8, 4) is 0 Å². The molecule has 1 amide bonds. The van der Waals surface area contributed by atoms with Gasteiger partial charge < -0.3 is 15.1 Å². The molecule has 2 aliphatic rings. The van der Waals surface area contributed by atoms with Gasteiger partial charge in [-0.1, -0.05) is 6.08 Å². The SMILES string of the molecule is C=CCNC(=O)C1Cc2cc(C(F)(F)F)ccc2N2CCN(c3cnccn3)CC12. The number of carbonyl (C=O) groups is 1. The van der Waals surface area contributed by atoms with Crippen LogP contribution in [0.15, 0.2) is 49.4 Å². The summed E-state index contributed by atoms with van der Waals surface area (Å²) in [6, 6.07) is 3.63. The molecule has 9 heteroatoms. The highest BCUT2D eigenvalue weighted by atomic mass is 19.4. The Balaban J connectivity index is 1.68. The Morgan fingerprint density at radius 2 is 2.13 bits per heavy atom. The van der Waals surface area contributed by atoms with Crippen molar-refractivity contribution < 1.29 is 18.0 Å². The first-order valence-electron chi connectivity index (χ1n) is 9.75. The molecule has 2 atom stereocenters. The van der Waals surface area contributed by atoms with Crippen LogP contribution in [0.5, 0.6) is 0 Å². The molecule has 0 radical (unpaired) electrons. The molecule has 30 heavy (non-hydrogen) atoms. The Hall–Kier alpha value is -3.10. The molecule has 0 spiro atoms. The largest absolute Gasteiger partial charge is 0.416 e. The smallest absolute Gasteiger partial charge is 0.364 e. The molecule has 2 aromatic rings. The third-order valence-corrected chi connectivity index (χ3v) is 5.67. The number of halogens is 3. The summed E-state index contributed by atoms with van der Waals surface area (Å²) >= 11 is 0. The molecular formula is C21H22F3N5O. The average Bonchev–Trinajstić information content (AvgIpc) is 2.76. The van der Waals surface area contributed by atoms with Gasteiger partial charge in [-0.25, -0.2) is 4.98 Å². The van der Waals surface area contributed by atoms with Gasteiger partial charge in [0.15, 0.2) is 0 Å². The first kappa shape index (κ1) is 20.2. The van der Waals surface area contributed by atoms with Crippen LogP contribution in [0.2, 0.25) is 0 Å². The van der Waals surface area contributed by atoms with E-state index in [2.05, 4.69) is 31.7 Å². The molecule has 0 saturated carbocycles. The summed E-state index contributed by atoms with van der Waals surface area (Å²) in [5.74, 6) is 0.0509. The summed E-state index contributed by atoms with van der Waals surface area (Å²) in [6.07, 6.45) is 2.30. The van der Waals surface area contributed by atoms with Crippen LogP contribution in [0.25, 0.3) is 0 Å². The molecule has 1 fully saturated rings. The van der Waals surface area contributed by atoms with Gasteiger partial charge in [0.25, 0.3) is 0 Å². The summed E-state index contributed by atoms with van der Waals surface area (Å²) in [5.41, 5.74) is 0.621. The Morgan fingerprint density at radius 1 is 1.30 bits per heavy atom. The monoisotopic (exact) mass is 417 g/mol. The Labute approximate surface area is 172 Å². The Kier molecular flexibility index (Phi) is 5.36. The summed E-state index contributed by atoms with van der Waals surface area (Å²) in [5, 5.41) is 2.81. The van der Waals surface area contributed by atoms with Gasteiger partial charge in [0, 0.05) is 44.3 Å². The minimum absolute atomic E-state index is 0.185. The van der Waals surface area contributed by atoms with Crippen LogP contribution >= 0.6 is 0 Å². The lowest BCUT2D eigenvalue weighted by Gasteiger charge is -2.49. The summed E-state index contributed by atoms with van der Waals surface area (Å²) < 4.78 is 39.7. The number of hydrogen-bond donors (Lipinski definition) is 1. The van der Waals surface area contributed by atoms with Gasteiger partial charge in [-0.15, -0.1) is 6.58 Å². The highest BCUT2D eigenvalue weighted by Gasteiger charge is 2.42. The van der Waals surface area contributed by atoms with Crippen molar-refractivity contribution in [2.24, 2.45) is 5.92 Å². The fraction of sp³-hybridized carbons (Fsp3) is 0.381. The van der Waals surface area contributed by atoms with Crippen LogP contribution in [0.3, 0.4) is 0 Å². The fourth-order valence-corrected chi connectivity index (χ4v) is 4.27. The zero-order valence-electron chi connectivity index (χ0n) is 16.3. The molecule has 1 aromatic heterocycles. The minimum atomic E-state index is -4.42. The van der Waals surface area contributed by atoms with Gasteiger partial charge in [0.05, 0.1) is 23.7 Å². The number of nitrogens with zero attached hydrogens (tertiary/aromatic N) is 4. The second-order valence-electron chi connectivity index (χ2n) is 7.46. The third kappa shape index (κ3) is 3.83. The summed E-state index contributed by atoms with van der Waals surface area (Å²) in [6.45, 7) is 5.67. The lowest BCUT2D eigenvalue weighted by molar-refractivity contribution is -0.137. The minimum Gasteiger partial charge on any atom is -0.364 e. The lowest BCUT2D eigenvalue weighted by Crippen LogP contribution is -2.61. The molecule has 3 heterocycles. The maximum absolute atomic E-state index is 13.2. The number of aromatic nitrogens is 2. The van der Waals surface area contributed by atoms with Gasteiger partial charge in [0.2, 0.25) is 5.91 Å². The second kappa shape index (κ2) is 7.97. The lowest BCUT2D eigenvalue weighted by atomic mass is 9.82. The number of amides is 1. The van der Waals surface area contributed by atoms with E-state index < -0.39 is 17.7 Å². The van der Waals surface area contributed by atoms with Crippen molar-refractivity contribution in [2.45, 2.75) is 18.6 Å². The van der Waals surface area contributed by atoms with Crippen molar-refractivity contribution >= 4 is 17.4 Å². The number of hydrogen-bond acceptors (Lipinski definition) is 5. The highest BCUT2D eigenvalue weighted by molar-refractivity contribution is 5.82. The number of anilines is 2. The van der Waals surface area contributed by atoms with Crippen molar-refractivity contribution in [2.75, 3.05) is 36.0 Å². The fourth-order valence-electron chi connectivity index (χ4n) is 4.27. The van der Waals surface area contributed by atoms with E-state index in [0.29, 0.717) is 31.7 Å². The number of nitrogens with one attached hydrogen (secondary N) is 1. The molecule has 4 rings (SSSR count). The molecular weight excluding hydrogens is 395 g/mol. The molecule has 6 nitrogen and oxygen atoms in total. The zero-order chi connectivity index (χ0) is 21.3. The van der Waals surface area contributed by atoms with Crippen LogP contribution < -0.4 is 15.1 Å². The predicted molar refractivity (Wildman–Crippen MR) is 107 cm³/mol. The molecule has 1 saturated heterocycles. The highest BCUT2D eigenvalue weighted by Crippen LogP contribution is 2.40. The summed E-state index contributed by atoms with van der Waals surface area (Å²) in [4.78, 5) is 25.5. The molecule has 0 bridgehead atoms. The van der Waals surface area contributed by atoms with E-state index in [1.807, 2.05) is 0 Å². The first-order valence-corrected chi connectivity index (χ1v) is 9.75. The van der Waals surface area contributed by atoms with Crippen LogP contribution in [0, 0.1) is 5.92 Å². The number of rotatable bonds is 4. The molecule has 1 N–H and O–H groups in total. The molecule has 0 aliphatic carbocycles. The van der Waals surface area contributed by atoms with E-state index >= 15 is 0 Å². The van der Waals surface area contributed by atoms with E-state index in [4.69, 9.17) is 0 Å². The van der Waals surface area contributed by atoms with Crippen LogP contribution in [-0.2, 0) is 17.4 Å². The van der Waals surface area contributed by atoms with Crippen LogP contribution in [0.4, 0.5) is 24.7 Å². The van der Waals surface area contributed by atoms with Gasteiger partial charge in [0.1, 0.15) is 5.82 Å². The van der Waals surface area contributed by atoms with Crippen LogP contribution in [-0.4, -0.2) is 48.1 Å². The zero-order valence-corrected chi connectivity index (χ0v) is 16.3. The normalized spacial score (nSPS) is 20.9. The quantitative estimate of drug-likeness (QED) is 0.776. The van der Waals surface area contributed by atoms with Crippen molar-refractivity contribution in [1.29, 1.82) is 0 Å². The average molecular weight is 417 g/mol. The standard InChI is InChI=1S/C21H22F3N5O/c1-2-5-27-20(30)16-11-14-10-15(21(22,23)24)3-4-17(14)29-9-8-28(13-18(16)29)19-12-25-6-7-26-19/h2-4,6-7,10,12,16,18H,1,5,8-9,11,13H2,(H,27,30). The summed E-state index contributed by atoms with van der Waals surface area (Å²) in [7, 11) is 0. The van der Waals surface area contributed by atoms with Crippen molar-refractivity contribution in [3.63, 3.8) is 0 Å². The van der Waals surface area contributed by atoms with Gasteiger partial charge in [-0.3, -0.25) is 9.78 Å². The van der Waals surface area contributed by atoms with Crippen molar-refractivity contribution in [1.82, 2.24) is 15.3 Å². The topological polar surface area (TPSA) is 61.4 Å². The van der Waals surface area contributed by atoms with Crippen molar-refractivity contribution in [3.05, 3.63) is 60.6 Å². The molecule has 2 unspecified atom stereocenters. The second-order valence-corrected chi connectivity index (χ2v) is 7.46. The molecule has 1 aromatic carbocycles. The van der Waals surface area contributed by atoms with E-state index in [-0.39, 0.29) is 18.4 Å². The number of piperazine rings is 1. The Morgan fingerprint density at radius 3 is 2.83 bits per heavy atom. The maximum atomic E-state index is 13.2. The van der Waals surface area contributed by atoms with E-state index in [1.165, 1.54) is 12.1 Å².